The molecule has 2 aromatic rings. The highest BCUT2D eigenvalue weighted by Gasteiger charge is 2.36. The summed E-state index contributed by atoms with van der Waals surface area (Å²) in [6.07, 6.45) is 5.55. The molecule has 0 N–H and O–H groups in total. The Morgan fingerprint density at radius 3 is 2.91 bits per heavy atom. The van der Waals surface area contributed by atoms with Gasteiger partial charge in [-0.05, 0) is 27.7 Å². The minimum absolute atomic E-state index is 0.0765. The van der Waals surface area contributed by atoms with Crippen LogP contribution in [0.4, 0.5) is 4.79 Å². The zero-order valence-electron chi connectivity index (χ0n) is 13.9. The zero-order valence-corrected chi connectivity index (χ0v) is 13.9. The molecule has 1 fully saturated rings. The Morgan fingerprint density at radius 1 is 1.39 bits per heavy atom. The quantitative estimate of drug-likeness (QED) is 0.851. The molecule has 3 rings (SSSR count). The maximum absolute atomic E-state index is 12.2. The number of rotatable bonds is 2. The van der Waals surface area contributed by atoms with Crippen molar-refractivity contribution in [1.82, 2.24) is 19.5 Å². The van der Waals surface area contributed by atoms with Crippen LogP contribution < -0.4 is 4.74 Å². The molecular weight excluding hydrogens is 296 g/mol. The van der Waals surface area contributed by atoms with Crippen molar-refractivity contribution in [3.05, 3.63) is 24.7 Å². The van der Waals surface area contributed by atoms with Gasteiger partial charge in [-0.25, -0.2) is 14.3 Å². The first-order valence-electron chi connectivity index (χ1n) is 7.77. The van der Waals surface area contributed by atoms with Gasteiger partial charge in [-0.1, -0.05) is 0 Å². The summed E-state index contributed by atoms with van der Waals surface area (Å²) >= 11 is 0. The molecule has 2 aromatic heterocycles. The van der Waals surface area contributed by atoms with Gasteiger partial charge in [0.2, 0.25) is 0 Å². The minimum atomic E-state index is -0.495. The van der Waals surface area contributed by atoms with Crippen molar-refractivity contribution < 1.29 is 14.3 Å². The number of ether oxygens (including phenoxy) is 2. The van der Waals surface area contributed by atoms with E-state index in [0.717, 1.165) is 12.1 Å². The smallest absolute Gasteiger partial charge is 0.410 e. The number of amides is 1. The lowest BCUT2D eigenvalue weighted by Gasteiger charge is -2.26. The molecule has 0 saturated carbocycles. The van der Waals surface area contributed by atoms with Crippen LogP contribution >= 0.6 is 0 Å². The van der Waals surface area contributed by atoms with Crippen molar-refractivity contribution >= 4 is 11.7 Å². The Hall–Kier alpha value is -2.31. The highest BCUT2D eigenvalue weighted by Crippen LogP contribution is 2.24. The summed E-state index contributed by atoms with van der Waals surface area (Å²) in [7, 11) is 0. The number of hydrogen-bond acceptors (Lipinski definition) is 5. The van der Waals surface area contributed by atoms with E-state index in [2.05, 4.69) is 10.1 Å². The summed E-state index contributed by atoms with van der Waals surface area (Å²) in [6, 6.07) is 1.90. The van der Waals surface area contributed by atoms with Gasteiger partial charge in [0.1, 0.15) is 11.7 Å². The Bertz CT molecular complexity index is 707. The molecule has 1 aliphatic heterocycles. The van der Waals surface area contributed by atoms with E-state index in [1.54, 1.807) is 28.0 Å². The van der Waals surface area contributed by atoms with Crippen molar-refractivity contribution in [2.24, 2.45) is 0 Å². The number of likely N-dealkylation sites (tertiary alicyclic amines) is 1. The van der Waals surface area contributed by atoms with Crippen LogP contribution in [-0.2, 0) is 4.74 Å². The summed E-state index contributed by atoms with van der Waals surface area (Å²) in [5.41, 5.74) is 0.276. The predicted octanol–water partition coefficient (Wildman–Crippen LogP) is 2.51. The summed E-state index contributed by atoms with van der Waals surface area (Å²) in [5, 5.41) is 4.14. The average molecular weight is 318 g/mol. The molecule has 2 unspecified atom stereocenters. The third-order valence-corrected chi connectivity index (χ3v) is 3.69. The summed E-state index contributed by atoms with van der Waals surface area (Å²) in [5.74, 6) is 0.643. The van der Waals surface area contributed by atoms with Crippen LogP contribution in [-0.4, -0.2) is 49.9 Å². The maximum atomic E-state index is 12.2. The number of hydrogen-bond donors (Lipinski definition) is 0. The number of carbonyl (C=O) groups is 1. The second kappa shape index (κ2) is 5.72. The molecule has 1 amide bonds. The number of nitrogens with zero attached hydrogens (tertiary/aromatic N) is 4. The van der Waals surface area contributed by atoms with E-state index in [1.807, 2.05) is 33.8 Å². The van der Waals surface area contributed by atoms with Gasteiger partial charge in [-0.3, -0.25) is 0 Å². The van der Waals surface area contributed by atoms with Crippen molar-refractivity contribution in [3.63, 3.8) is 0 Å². The first kappa shape index (κ1) is 15.6. The molecular formula is C16H22N4O3. The van der Waals surface area contributed by atoms with Crippen LogP contribution in [0.3, 0.4) is 0 Å². The monoisotopic (exact) mass is 318 g/mol. The normalized spacial score (nSPS) is 21.7. The summed E-state index contributed by atoms with van der Waals surface area (Å²) in [4.78, 5) is 18.2. The number of aromatic nitrogens is 3. The SMILES string of the molecule is CC1CC(Oc2cnc3ccnn3c2)CN1C(=O)OC(C)(C)C. The van der Waals surface area contributed by atoms with Gasteiger partial charge in [-0.2, -0.15) is 5.10 Å². The van der Waals surface area contributed by atoms with Crippen molar-refractivity contribution in [2.45, 2.75) is 51.9 Å². The van der Waals surface area contributed by atoms with Crippen molar-refractivity contribution in [3.8, 4) is 5.75 Å². The Kier molecular flexibility index (Phi) is 3.87. The third-order valence-electron chi connectivity index (χ3n) is 3.69. The lowest BCUT2D eigenvalue weighted by Crippen LogP contribution is -2.39. The molecule has 0 bridgehead atoms. The summed E-state index contributed by atoms with van der Waals surface area (Å²) in [6.45, 7) is 8.11. The van der Waals surface area contributed by atoms with Gasteiger partial charge in [-0.15, -0.1) is 0 Å². The second-order valence-electron chi connectivity index (χ2n) is 6.88. The van der Waals surface area contributed by atoms with Gasteiger partial charge < -0.3 is 14.4 Å². The van der Waals surface area contributed by atoms with E-state index in [0.29, 0.717) is 12.3 Å². The minimum Gasteiger partial charge on any atom is -0.485 e. The highest BCUT2D eigenvalue weighted by atomic mass is 16.6. The first-order chi connectivity index (χ1) is 10.8. The molecule has 7 nitrogen and oxygen atoms in total. The predicted molar refractivity (Wildman–Crippen MR) is 84.4 cm³/mol. The van der Waals surface area contributed by atoms with Gasteiger partial charge in [0, 0.05) is 18.5 Å². The fraction of sp³-hybridized carbons (Fsp3) is 0.562. The average Bonchev–Trinajstić information content (AvgIpc) is 3.03. The van der Waals surface area contributed by atoms with Crippen molar-refractivity contribution in [1.29, 1.82) is 0 Å². The molecule has 0 radical (unpaired) electrons. The molecule has 0 aliphatic carbocycles. The molecule has 2 atom stereocenters. The Morgan fingerprint density at radius 2 is 2.17 bits per heavy atom. The topological polar surface area (TPSA) is 69.0 Å². The van der Waals surface area contributed by atoms with E-state index in [9.17, 15) is 4.79 Å². The van der Waals surface area contributed by atoms with Gasteiger partial charge >= 0.3 is 6.09 Å². The Labute approximate surface area is 135 Å². The zero-order chi connectivity index (χ0) is 16.6. The maximum Gasteiger partial charge on any atom is 0.410 e. The standard InChI is InChI=1S/C16H22N4O3/c1-11-7-12(9-19(11)15(21)23-16(2,3)4)22-13-8-17-14-5-6-18-20(14)10-13/h5-6,8,10-12H,7,9H2,1-4H3. The molecule has 0 spiro atoms. The number of carbonyl (C=O) groups excluding carboxylic acids is 1. The van der Waals surface area contributed by atoms with E-state index >= 15 is 0 Å². The van der Waals surface area contributed by atoms with Crippen LogP contribution in [0.5, 0.6) is 5.75 Å². The largest absolute Gasteiger partial charge is 0.485 e. The molecule has 3 heterocycles. The van der Waals surface area contributed by atoms with Crippen LogP contribution in [0, 0.1) is 0 Å². The molecule has 23 heavy (non-hydrogen) atoms. The Balaban J connectivity index is 1.65. The molecule has 7 heteroatoms. The van der Waals surface area contributed by atoms with E-state index in [-0.39, 0.29) is 18.2 Å². The third kappa shape index (κ3) is 3.55. The van der Waals surface area contributed by atoms with Crippen LogP contribution in [0.2, 0.25) is 0 Å². The van der Waals surface area contributed by atoms with Gasteiger partial charge in [0.25, 0.3) is 0 Å². The van der Waals surface area contributed by atoms with Gasteiger partial charge in [0.15, 0.2) is 11.4 Å². The van der Waals surface area contributed by atoms with Crippen LogP contribution in [0.1, 0.15) is 34.1 Å². The van der Waals surface area contributed by atoms with E-state index in [4.69, 9.17) is 9.47 Å². The lowest BCUT2D eigenvalue weighted by molar-refractivity contribution is 0.0224. The van der Waals surface area contributed by atoms with Crippen LogP contribution in [0.15, 0.2) is 24.7 Å². The second-order valence-corrected chi connectivity index (χ2v) is 6.88. The molecule has 0 aromatic carbocycles. The molecule has 1 aliphatic rings. The lowest BCUT2D eigenvalue weighted by atomic mass is 10.2. The molecule has 124 valence electrons. The summed E-state index contributed by atoms with van der Waals surface area (Å²) < 4.78 is 13.1. The van der Waals surface area contributed by atoms with Crippen molar-refractivity contribution in [2.75, 3.05) is 6.54 Å². The van der Waals surface area contributed by atoms with Crippen LogP contribution in [0.25, 0.3) is 5.65 Å². The highest BCUT2D eigenvalue weighted by molar-refractivity contribution is 5.69. The van der Waals surface area contributed by atoms with E-state index in [1.165, 1.54) is 0 Å². The fourth-order valence-corrected chi connectivity index (χ4v) is 2.69. The first-order valence-corrected chi connectivity index (χ1v) is 7.77. The molecule has 1 saturated heterocycles. The fourth-order valence-electron chi connectivity index (χ4n) is 2.69. The van der Waals surface area contributed by atoms with E-state index < -0.39 is 5.60 Å². The number of fused-ring (bicyclic) bond motifs is 1. The van der Waals surface area contributed by atoms with Gasteiger partial charge in [0.05, 0.1) is 25.1 Å².